The van der Waals surface area contributed by atoms with E-state index in [-0.39, 0.29) is 30.1 Å². The van der Waals surface area contributed by atoms with Crippen molar-refractivity contribution < 1.29 is 18.7 Å². The van der Waals surface area contributed by atoms with E-state index < -0.39 is 0 Å². The molecule has 3 atom stereocenters. The monoisotopic (exact) mass is 415 g/mol. The van der Waals surface area contributed by atoms with Crippen molar-refractivity contribution >= 4 is 17.4 Å². The highest BCUT2D eigenvalue weighted by Crippen LogP contribution is 2.29. The van der Waals surface area contributed by atoms with Gasteiger partial charge in [0.05, 0.1) is 31.0 Å². The quantitative estimate of drug-likeness (QED) is 0.771. The average molecular weight is 416 g/mol. The summed E-state index contributed by atoms with van der Waals surface area (Å²) < 4.78 is 25.9. The van der Waals surface area contributed by atoms with Crippen LogP contribution in [0, 0.1) is 5.82 Å². The Morgan fingerprint density at radius 1 is 1.23 bits per heavy atom. The predicted molar refractivity (Wildman–Crippen MR) is 117 cm³/mol. The van der Waals surface area contributed by atoms with E-state index in [4.69, 9.17) is 9.47 Å². The molecule has 2 aromatic carbocycles. The molecule has 0 spiro atoms. The van der Waals surface area contributed by atoms with E-state index in [2.05, 4.69) is 5.32 Å². The number of morpholine rings is 1. The lowest BCUT2D eigenvalue weighted by Gasteiger charge is -2.37. The van der Waals surface area contributed by atoms with Crippen LogP contribution >= 0.6 is 0 Å². The first-order valence-corrected chi connectivity index (χ1v) is 10.2. The topological polar surface area (TPSA) is 54.0 Å². The van der Waals surface area contributed by atoms with E-state index in [9.17, 15) is 9.18 Å². The summed E-state index contributed by atoms with van der Waals surface area (Å²) in [6.45, 7) is 7.14. The highest BCUT2D eigenvalue weighted by molar-refractivity contribution is 5.89. The number of hydrogen-bond acceptors (Lipinski definition) is 4. The Labute approximate surface area is 177 Å². The van der Waals surface area contributed by atoms with E-state index in [1.54, 1.807) is 31.2 Å². The first-order chi connectivity index (χ1) is 14.3. The lowest BCUT2D eigenvalue weighted by Crippen LogP contribution is -2.45. The second-order valence-corrected chi connectivity index (χ2v) is 7.79. The largest absolute Gasteiger partial charge is 0.496 e. The number of carbonyl (C=O) groups excluding carboxylic acids is 1. The maximum absolute atomic E-state index is 14.8. The molecule has 1 fully saturated rings. The number of urea groups is 1. The molecule has 0 aliphatic carbocycles. The van der Waals surface area contributed by atoms with Crippen molar-refractivity contribution in [2.24, 2.45) is 0 Å². The number of halogens is 1. The number of amides is 2. The van der Waals surface area contributed by atoms with Gasteiger partial charge in [-0.15, -0.1) is 0 Å². The van der Waals surface area contributed by atoms with Crippen LogP contribution in [0.3, 0.4) is 0 Å². The van der Waals surface area contributed by atoms with Crippen LogP contribution in [0.25, 0.3) is 0 Å². The predicted octanol–water partition coefficient (Wildman–Crippen LogP) is 4.67. The van der Waals surface area contributed by atoms with Crippen LogP contribution < -0.4 is 15.0 Å². The molecule has 1 N–H and O–H groups in total. The van der Waals surface area contributed by atoms with Crippen LogP contribution in [0.1, 0.15) is 32.4 Å². The molecule has 1 aliphatic heterocycles. The van der Waals surface area contributed by atoms with Gasteiger partial charge >= 0.3 is 6.03 Å². The molecule has 30 heavy (non-hydrogen) atoms. The van der Waals surface area contributed by atoms with E-state index >= 15 is 0 Å². The summed E-state index contributed by atoms with van der Waals surface area (Å²) in [7, 11) is 3.31. The van der Waals surface area contributed by atoms with E-state index in [1.165, 1.54) is 6.07 Å². The second kappa shape index (κ2) is 9.34. The van der Waals surface area contributed by atoms with Crippen molar-refractivity contribution in [1.82, 2.24) is 4.90 Å². The maximum atomic E-state index is 14.8. The summed E-state index contributed by atoms with van der Waals surface area (Å²) in [4.78, 5) is 16.3. The SMILES string of the molecule is COc1ccccc1[C@H](C)N(C)C(=O)Nc1ccc(N2C[C@@H](C)O[C@@H](C)C2)c(F)c1. The lowest BCUT2D eigenvalue weighted by atomic mass is 10.1. The minimum atomic E-state index is -0.366. The molecule has 1 heterocycles. The van der Waals surface area contributed by atoms with Gasteiger partial charge < -0.3 is 24.6 Å². The summed E-state index contributed by atoms with van der Waals surface area (Å²) in [5.41, 5.74) is 1.83. The summed E-state index contributed by atoms with van der Waals surface area (Å²) in [6.07, 6.45) is 0.0790. The zero-order valence-electron chi connectivity index (χ0n) is 18.2. The minimum absolute atomic E-state index is 0.0395. The van der Waals surface area contributed by atoms with Crippen molar-refractivity contribution in [2.45, 2.75) is 39.0 Å². The molecule has 1 saturated heterocycles. The van der Waals surface area contributed by atoms with Gasteiger partial charge in [-0.05, 0) is 45.0 Å². The van der Waals surface area contributed by atoms with Gasteiger partial charge in [0.1, 0.15) is 11.6 Å². The van der Waals surface area contributed by atoms with Crippen molar-refractivity contribution in [3.63, 3.8) is 0 Å². The zero-order valence-corrected chi connectivity index (χ0v) is 18.2. The normalized spacial score (nSPS) is 19.9. The van der Waals surface area contributed by atoms with Crippen molar-refractivity contribution in [3.05, 3.63) is 53.8 Å². The first kappa shape index (κ1) is 21.9. The molecule has 1 aliphatic rings. The van der Waals surface area contributed by atoms with Crippen molar-refractivity contribution in [2.75, 3.05) is 37.5 Å². The fourth-order valence-corrected chi connectivity index (χ4v) is 3.82. The third kappa shape index (κ3) is 4.84. The van der Waals surface area contributed by atoms with Gasteiger partial charge in [0.25, 0.3) is 0 Å². The fourth-order valence-electron chi connectivity index (χ4n) is 3.82. The van der Waals surface area contributed by atoms with Crippen LogP contribution in [0.5, 0.6) is 5.75 Å². The number of para-hydroxylation sites is 1. The number of carbonyl (C=O) groups is 1. The number of benzene rings is 2. The Balaban J connectivity index is 1.70. The molecular formula is C23H30FN3O3. The number of anilines is 2. The first-order valence-electron chi connectivity index (χ1n) is 10.2. The molecule has 0 bridgehead atoms. The number of methoxy groups -OCH3 is 1. The highest BCUT2D eigenvalue weighted by Gasteiger charge is 2.25. The smallest absolute Gasteiger partial charge is 0.322 e. The van der Waals surface area contributed by atoms with Crippen LogP contribution in [-0.2, 0) is 4.74 Å². The third-order valence-corrected chi connectivity index (χ3v) is 5.45. The van der Waals surface area contributed by atoms with Gasteiger partial charge in [-0.1, -0.05) is 18.2 Å². The van der Waals surface area contributed by atoms with Crippen LogP contribution in [0.15, 0.2) is 42.5 Å². The van der Waals surface area contributed by atoms with E-state index in [1.807, 2.05) is 49.9 Å². The summed E-state index contributed by atoms with van der Waals surface area (Å²) in [5.74, 6) is 0.351. The fraction of sp³-hybridized carbons (Fsp3) is 0.435. The molecule has 3 rings (SSSR count). The minimum Gasteiger partial charge on any atom is -0.496 e. The Kier molecular flexibility index (Phi) is 6.82. The molecule has 2 aromatic rings. The van der Waals surface area contributed by atoms with Crippen LogP contribution in [0.4, 0.5) is 20.6 Å². The molecule has 0 saturated carbocycles. The van der Waals surface area contributed by atoms with Crippen molar-refractivity contribution in [1.29, 1.82) is 0 Å². The molecule has 2 amide bonds. The third-order valence-electron chi connectivity index (χ3n) is 5.45. The van der Waals surface area contributed by atoms with Gasteiger partial charge in [-0.2, -0.15) is 0 Å². The summed E-state index contributed by atoms with van der Waals surface area (Å²) in [5, 5.41) is 2.78. The number of hydrogen-bond donors (Lipinski definition) is 1. The van der Waals surface area contributed by atoms with E-state index in [0.717, 1.165) is 5.56 Å². The van der Waals surface area contributed by atoms with Gasteiger partial charge in [-0.3, -0.25) is 0 Å². The van der Waals surface area contributed by atoms with Gasteiger partial charge in [0.2, 0.25) is 0 Å². The Morgan fingerprint density at radius 3 is 2.53 bits per heavy atom. The second-order valence-electron chi connectivity index (χ2n) is 7.79. The Morgan fingerprint density at radius 2 is 1.90 bits per heavy atom. The number of ether oxygens (including phenoxy) is 2. The number of nitrogens with zero attached hydrogens (tertiary/aromatic N) is 2. The Bertz CT molecular complexity index is 882. The molecule has 0 unspecified atom stereocenters. The zero-order chi connectivity index (χ0) is 21.8. The molecule has 6 nitrogen and oxygen atoms in total. The molecule has 162 valence electrons. The molecule has 0 radical (unpaired) electrons. The molecule has 7 heteroatoms. The van der Waals surface area contributed by atoms with Crippen molar-refractivity contribution in [3.8, 4) is 5.75 Å². The summed E-state index contributed by atoms with van der Waals surface area (Å²) in [6, 6.07) is 11.8. The molecule has 0 aromatic heterocycles. The average Bonchev–Trinajstić information content (AvgIpc) is 2.72. The van der Waals surface area contributed by atoms with Gasteiger partial charge in [-0.25, -0.2) is 9.18 Å². The van der Waals surface area contributed by atoms with Gasteiger partial charge in [0, 0.05) is 31.4 Å². The number of rotatable bonds is 5. The van der Waals surface area contributed by atoms with E-state index in [0.29, 0.717) is 30.2 Å². The Hall–Kier alpha value is -2.80. The highest BCUT2D eigenvalue weighted by atomic mass is 19.1. The summed E-state index contributed by atoms with van der Waals surface area (Å²) >= 11 is 0. The van der Waals surface area contributed by atoms with Crippen LogP contribution in [0.2, 0.25) is 0 Å². The maximum Gasteiger partial charge on any atom is 0.322 e. The standard InChI is InChI=1S/C23H30FN3O3/c1-15-13-27(14-16(2)30-15)21-11-10-18(12-20(21)24)25-23(28)26(4)17(3)19-8-6-7-9-22(19)29-5/h6-12,15-17H,13-14H2,1-5H3,(H,25,28)/t15-,16+,17-/m0/s1. The lowest BCUT2D eigenvalue weighted by molar-refractivity contribution is -0.00539. The number of nitrogens with one attached hydrogen (secondary N) is 1. The van der Waals surface area contributed by atoms with Gasteiger partial charge in [0.15, 0.2) is 0 Å². The van der Waals surface area contributed by atoms with Crippen LogP contribution in [-0.4, -0.2) is 50.4 Å². The molecular weight excluding hydrogens is 385 g/mol.